The average molecular weight is 312 g/mol. The van der Waals surface area contributed by atoms with E-state index in [2.05, 4.69) is 4.90 Å². The van der Waals surface area contributed by atoms with E-state index in [0.29, 0.717) is 6.54 Å². The Kier molecular flexibility index (Phi) is 4.65. The van der Waals surface area contributed by atoms with Crippen LogP contribution in [0.5, 0.6) is 0 Å². The highest BCUT2D eigenvalue weighted by Gasteiger charge is 2.30. The highest BCUT2D eigenvalue weighted by Crippen LogP contribution is 2.22. The summed E-state index contributed by atoms with van der Waals surface area (Å²) in [7, 11) is -0.324. The molecule has 1 fully saturated rings. The molecule has 1 heterocycles. The molecule has 1 aliphatic heterocycles. The van der Waals surface area contributed by atoms with Crippen molar-refractivity contribution in [2.75, 3.05) is 27.2 Å². The Morgan fingerprint density at radius 3 is 2.67 bits per heavy atom. The predicted octanol–water partition coefficient (Wildman–Crippen LogP) is 1.10. The summed E-state index contributed by atoms with van der Waals surface area (Å²) in [4.78, 5) is 13.2. The topological polar surface area (TPSA) is 77.9 Å². The van der Waals surface area contributed by atoms with Crippen LogP contribution >= 0.6 is 0 Å². The molecular weight excluding hydrogens is 292 g/mol. The molecule has 0 saturated carbocycles. The van der Waals surface area contributed by atoms with Crippen molar-refractivity contribution < 1.29 is 18.3 Å². The second-order valence-electron chi connectivity index (χ2n) is 5.36. The normalized spacial score (nSPS) is 20.0. The van der Waals surface area contributed by atoms with E-state index in [1.807, 2.05) is 7.05 Å². The van der Waals surface area contributed by atoms with Gasteiger partial charge in [-0.3, -0.25) is 0 Å². The summed E-state index contributed by atoms with van der Waals surface area (Å²) in [5.41, 5.74) is -0.191. The van der Waals surface area contributed by atoms with Gasteiger partial charge in [-0.1, -0.05) is 12.1 Å². The van der Waals surface area contributed by atoms with Crippen molar-refractivity contribution in [2.45, 2.75) is 23.8 Å². The van der Waals surface area contributed by atoms with Crippen LogP contribution in [0, 0.1) is 0 Å². The number of carbonyl (C=O) groups is 1. The fourth-order valence-electron chi connectivity index (χ4n) is 2.64. The summed E-state index contributed by atoms with van der Waals surface area (Å²) < 4.78 is 26.4. The first-order valence-electron chi connectivity index (χ1n) is 6.83. The molecule has 1 aliphatic rings. The molecule has 21 heavy (non-hydrogen) atoms. The first-order valence-corrected chi connectivity index (χ1v) is 8.27. The summed E-state index contributed by atoms with van der Waals surface area (Å²) in [6.07, 6.45) is 2.01. The number of nitrogens with zero attached hydrogens (tertiary/aromatic N) is 2. The van der Waals surface area contributed by atoms with E-state index in [0.717, 1.165) is 19.4 Å². The molecule has 1 saturated heterocycles. The van der Waals surface area contributed by atoms with Crippen molar-refractivity contribution in [3.05, 3.63) is 29.8 Å². The van der Waals surface area contributed by atoms with Crippen LogP contribution in [0.2, 0.25) is 0 Å². The van der Waals surface area contributed by atoms with Gasteiger partial charge in [0, 0.05) is 19.6 Å². The summed E-state index contributed by atoms with van der Waals surface area (Å²) in [6.45, 7) is 1.33. The highest BCUT2D eigenvalue weighted by molar-refractivity contribution is 7.89. The molecular formula is C14H20N2O4S. The van der Waals surface area contributed by atoms with E-state index in [-0.39, 0.29) is 16.5 Å². The minimum absolute atomic E-state index is 0.152. The third-order valence-electron chi connectivity index (χ3n) is 3.95. The molecule has 1 N–H and O–H groups in total. The number of aromatic carboxylic acids is 1. The Labute approximate surface area is 125 Å². The second kappa shape index (κ2) is 6.13. The van der Waals surface area contributed by atoms with Crippen LogP contribution in [0.4, 0.5) is 0 Å². The molecule has 6 nitrogen and oxygen atoms in total. The van der Waals surface area contributed by atoms with Gasteiger partial charge in [0.1, 0.15) is 0 Å². The van der Waals surface area contributed by atoms with Gasteiger partial charge in [0.25, 0.3) is 0 Å². The SMILES string of the molecule is CN1CCCC1CN(C)S(=O)(=O)c1ccccc1C(=O)O. The van der Waals surface area contributed by atoms with Gasteiger partial charge < -0.3 is 10.0 Å². The smallest absolute Gasteiger partial charge is 0.337 e. The summed E-state index contributed by atoms with van der Waals surface area (Å²) in [5.74, 6) is -1.24. The average Bonchev–Trinajstić information content (AvgIpc) is 2.84. The first-order chi connectivity index (χ1) is 9.84. The zero-order valence-corrected chi connectivity index (χ0v) is 13.0. The van der Waals surface area contributed by atoms with E-state index >= 15 is 0 Å². The van der Waals surface area contributed by atoms with Crippen molar-refractivity contribution in [3.8, 4) is 0 Å². The standard InChI is InChI=1S/C14H20N2O4S/c1-15-9-5-6-11(15)10-16(2)21(19,20)13-8-4-3-7-12(13)14(17)18/h3-4,7-8,11H,5-6,9-10H2,1-2H3,(H,17,18). The van der Waals surface area contributed by atoms with Gasteiger partial charge in [-0.25, -0.2) is 13.2 Å². The van der Waals surface area contributed by atoms with Crippen LogP contribution in [0.1, 0.15) is 23.2 Å². The number of carboxylic acid groups (broad SMARTS) is 1. The van der Waals surface area contributed by atoms with Gasteiger partial charge in [0.2, 0.25) is 10.0 Å². The quantitative estimate of drug-likeness (QED) is 0.881. The maximum absolute atomic E-state index is 12.6. The Hall–Kier alpha value is -1.44. The predicted molar refractivity (Wildman–Crippen MR) is 78.9 cm³/mol. The lowest BCUT2D eigenvalue weighted by Gasteiger charge is -2.25. The molecule has 0 radical (unpaired) electrons. The van der Waals surface area contributed by atoms with Crippen molar-refractivity contribution >= 4 is 16.0 Å². The van der Waals surface area contributed by atoms with E-state index in [1.165, 1.54) is 35.6 Å². The molecule has 0 bridgehead atoms. The number of rotatable bonds is 5. The van der Waals surface area contributed by atoms with Gasteiger partial charge in [0.15, 0.2) is 0 Å². The molecule has 116 valence electrons. The third kappa shape index (κ3) is 3.25. The zero-order valence-electron chi connectivity index (χ0n) is 12.2. The lowest BCUT2D eigenvalue weighted by molar-refractivity contribution is 0.0692. The molecule has 7 heteroatoms. The van der Waals surface area contributed by atoms with Crippen molar-refractivity contribution in [1.82, 2.24) is 9.21 Å². The number of hydrogen-bond acceptors (Lipinski definition) is 4. The molecule has 2 rings (SSSR count). The maximum atomic E-state index is 12.6. The number of likely N-dealkylation sites (N-methyl/N-ethyl adjacent to an activating group) is 2. The Morgan fingerprint density at radius 2 is 2.10 bits per heavy atom. The van der Waals surface area contributed by atoms with Crippen LogP contribution in [0.3, 0.4) is 0 Å². The van der Waals surface area contributed by atoms with Gasteiger partial charge >= 0.3 is 5.97 Å². The third-order valence-corrected chi connectivity index (χ3v) is 5.83. The van der Waals surface area contributed by atoms with Crippen LogP contribution in [0.25, 0.3) is 0 Å². The molecule has 0 spiro atoms. The number of likely N-dealkylation sites (tertiary alicyclic amines) is 1. The van der Waals surface area contributed by atoms with Crippen LogP contribution in [-0.4, -0.2) is 61.9 Å². The Balaban J connectivity index is 2.27. The fraction of sp³-hybridized carbons (Fsp3) is 0.500. The lowest BCUT2D eigenvalue weighted by Crippen LogP contribution is -2.39. The zero-order chi connectivity index (χ0) is 15.6. The number of benzene rings is 1. The molecule has 1 aromatic carbocycles. The lowest BCUT2D eigenvalue weighted by atomic mass is 10.2. The molecule has 1 atom stereocenters. The fourth-order valence-corrected chi connectivity index (χ4v) is 4.03. The number of sulfonamides is 1. The largest absolute Gasteiger partial charge is 0.478 e. The second-order valence-corrected chi connectivity index (χ2v) is 7.38. The van der Waals surface area contributed by atoms with Crippen molar-refractivity contribution in [1.29, 1.82) is 0 Å². The van der Waals surface area contributed by atoms with Gasteiger partial charge in [-0.15, -0.1) is 0 Å². The first kappa shape index (κ1) is 15.9. The minimum Gasteiger partial charge on any atom is -0.478 e. The maximum Gasteiger partial charge on any atom is 0.337 e. The van der Waals surface area contributed by atoms with E-state index in [9.17, 15) is 13.2 Å². The summed E-state index contributed by atoms with van der Waals surface area (Å²) in [6, 6.07) is 5.89. The monoisotopic (exact) mass is 312 g/mol. The van der Waals surface area contributed by atoms with Crippen LogP contribution in [-0.2, 0) is 10.0 Å². The van der Waals surface area contributed by atoms with Gasteiger partial charge in [-0.05, 0) is 38.6 Å². The van der Waals surface area contributed by atoms with E-state index in [1.54, 1.807) is 0 Å². The molecule has 0 aliphatic carbocycles. The Bertz CT molecular complexity index is 630. The van der Waals surface area contributed by atoms with E-state index in [4.69, 9.17) is 5.11 Å². The van der Waals surface area contributed by atoms with Crippen LogP contribution in [0.15, 0.2) is 29.2 Å². The van der Waals surface area contributed by atoms with Crippen molar-refractivity contribution in [3.63, 3.8) is 0 Å². The molecule has 0 amide bonds. The van der Waals surface area contributed by atoms with Crippen LogP contribution < -0.4 is 0 Å². The van der Waals surface area contributed by atoms with Crippen molar-refractivity contribution in [2.24, 2.45) is 0 Å². The molecule has 0 aromatic heterocycles. The van der Waals surface area contributed by atoms with E-state index < -0.39 is 16.0 Å². The number of hydrogen-bond donors (Lipinski definition) is 1. The van der Waals surface area contributed by atoms with Gasteiger partial charge in [-0.2, -0.15) is 4.31 Å². The summed E-state index contributed by atoms with van der Waals surface area (Å²) >= 11 is 0. The van der Waals surface area contributed by atoms with Gasteiger partial charge in [0.05, 0.1) is 10.5 Å². The molecule has 1 unspecified atom stereocenters. The highest BCUT2D eigenvalue weighted by atomic mass is 32.2. The molecule has 1 aromatic rings. The number of carboxylic acids is 1. The Morgan fingerprint density at radius 1 is 1.43 bits per heavy atom. The summed E-state index contributed by atoms with van der Waals surface area (Å²) in [5, 5.41) is 9.15. The minimum atomic E-state index is -3.80.